The molecule has 2 N–H and O–H groups in total. The minimum atomic E-state index is -0.0354. The monoisotopic (exact) mass is 365 g/mol. The number of carbonyl (C=O) groups is 1. The third-order valence-electron chi connectivity index (χ3n) is 4.26. The van der Waals surface area contributed by atoms with E-state index < -0.39 is 0 Å². The molecule has 2 aromatic heterocycles. The second kappa shape index (κ2) is 8.63. The Balaban J connectivity index is 1.64. The van der Waals surface area contributed by atoms with E-state index in [0.717, 1.165) is 23.4 Å². The Morgan fingerprint density at radius 2 is 2.08 bits per heavy atom. The largest absolute Gasteiger partial charge is 0.379 e. The number of pyridine rings is 1. The molecule has 5 heteroatoms. The van der Waals surface area contributed by atoms with Crippen molar-refractivity contribution in [3.8, 4) is 0 Å². The lowest BCUT2D eigenvalue weighted by atomic mass is 10.0. The van der Waals surface area contributed by atoms with E-state index in [-0.39, 0.29) is 11.9 Å². The highest BCUT2D eigenvalue weighted by molar-refractivity contribution is 7.07. The smallest absolute Gasteiger partial charge is 0.251 e. The molecule has 0 fully saturated rings. The maximum atomic E-state index is 12.7. The van der Waals surface area contributed by atoms with Crippen molar-refractivity contribution in [3.05, 3.63) is 81.8 Å². The summed E-state index contributed by atoms with van der Waals surface area (Å²) in [7, 11) is 0. The van der Waals surface area contributed by atoms with Crippen LogP contribution in [0.2, 0.25) is 0 Å². The van der Waals surface area contributed by atoms with Gasteiger partial charge in [-0.15, -0.1) is 0 Å². The van der Waals surface area contributed by atoms with Gasteiger partial charge in [0.15, 0.2) is 0 Å². The number of carbonyl (C=O) groups excluding carboxylic acids is 1. The van der Waals surface area contributed by atoms with Gasteiger partial charge in [-0.25, -0.2) is 0 Å². The molecule has 1 amide bonds. The Bertz CT molecular complexity index is 847. The van der Waals surface area contributed by atoms with Gasteiger partial charge in [0.05, 0.1) is 12.2 Å². The lowest BCUT2D eigenvalue weighted by molar-refractivity contribution is 0.0939. The number of nitrogens with zero attached hydrogens (tertiary/aromatic N) is 1. The topological polar surface area (TPSA) is 54.0 Å². The Labute approximate surface area is 158 Å². The van der Waals surface area contributed by atoms with Crippen LogP contribution < -0.4 is 10.6 Å². The molecule has 3 rings (SSSR count). The summed E-state index contributed by atoms with van der Waals surface area (Å²) in [6.07, 6.45) is 2.62. The first kappa shape index (κ1) is 18.1. The van der Waals surface area contributed by atoms with Crippen molar-refractivity contribution in [3.63, 3.8) is 0 Å². The SMILES string of the molecule is Cc1c(NCc2ccccn2)cccc1C(=O)N[C@H](C)Cc1ccsc1. The molecular weight excluding hydrogens is 342 g/mol. The molecule has 0 saturated carbocycles. The van der Waals surface area contributed by atoms with Crippen molar-refractivity contribution in [2.24, 2.45) is 0 Å². The summed E-state index contributed by atoms with van der Waals surface area (Å²) in [5.41, 5.74) is 4.82. The molecule has 0 aliphatic rings. The Morgan fingerprint density at radius 1 is 1.19 bits per heavy atom. The molecule has 26 heavy (non-hydrogen) atoms. The molecule has 4 nitrogen and oxygen atoms in total. The molecule has 0 saturated heterocycles. The number of hydrogen-bond donors (Lipinski definition) is 2. The first-order chi connectivity index (χ1) is 12.6. The number of rotatable bonds is 7. The van der Waals surface area contributed by atoms with Gasteiger partial charge in [-0.05, 0) is 72.5 Å². The van der Waals surface area contributed by atoms with Crippen molar-refractivity contribution in [1.29, 1.82) is 0 Å². The average Bonchev–Trinajstić information content (AvgIpc) is 3.14. The van der Waals surface area contributed by atoms with Crippen LogP contribution in [0.1, 0.15) is 34.1 Å². The average molecular weight is 366 g/mol. The number of hydrogen-bond acceptors (Lipinski definition) is 4. The van der Waals surface area contributed by atoms with Crippen LogP contribution >= 0.6 is 11.3 Å². The Kier molecular flexibility index (Phi) is 6.02. The predicted octanol–water partition coefficient (Wildman–Crippen LogP) is 4.42. The number of amides is 1. The lowest BCUT2D eigenvalue weighted by Crippen LogP contribution is -2.34. The van der Waals surface area contributed by atoms with Crippen molar-refractivity contribution in [2.75, 3.05) is 5.32 Å². The van der Waals surface area contributed by atoms with E-state index in [9.17, 15) is 4.79 Å². The zero-order valence-electron chi connectivity index (χ0n) is 15.0. The van der Waals surface area contributed by atoms with Crippen LogP contribution in [-0.2, 0) is 13.0 Å². The fraction of sp³-hybridized carbons (Fsp3) is 0.238. The van der Waals surface area contributed by atoms with Gasteiger partial charge in [-0.3, -0.25) is 9.78 Å². The number of nitrogens with one attached hydrogen (secondary N) is 2. The summed E-state index contributed by atoms with van der Waals surface area (Å²) < 4.78 is 0. The van der Waals surface area contributed by atoms with Gasteiger partial charge in [0, 0.05) is 23.5 Å². The van der Waals surface area contributed by atoms with Crippen molar-refractivity contribution >= 4 is 22.9 Å². The van der Waals surface area contributed by atoms with Gasteiger partial charge in [0.25, 0.3) is 5.91 Å². The minimum absolute atomic E-state index is 0.0354. The first-order valence-corrected chi connectivity index (χ1v) is 9.63. The van der Waals surface area contributed by atoms with Gasteiger partial charge in [0.1, 0.15) is 0 Å². The molecule has 0 bridgehead atoms. The molecule has 3 aromatic rings. The maximum Gasteiger partial charge on any atom is 0.251 e. The molecule has 134 valence electrons. The van der Waals surface area contributed by atoms with Gasteiger partial charge in [0.2, 0.25) is 0 Å². The first-order valence-electron chi connectivity index (χ1n) is 8.69. The van der Waals surface area contributed by atoms with Crippen LogP contribution in [0.5, 0.6) is 0 Å². The maximum absolute atomic E-state index is 12.7. The van der Waals surface area contributed by atoms with E-state index in [1.165, 1.54) is 5.56 Å². The molecule has 2 heterocycles. The summed E-state index contributed by atoms with van der Waals surface area (Å²) in [6, 6.07) is 13.8. The van der Waals surface area contributed by atoms with Gasteiger partial charge >= 0.3 is 0 Å². The summed E-state index contributed by atoms with van der Waals surface area (Å²) in [4.78, 5) is 17.0. The number of aromatic nitrogens is 1. The van der Waals surface area contributed by atoms with E-state index in [2.05, 4.69) is 32.4 Å². The second-order valence-corrected chi connectivity index (χ2v) is 7.14. The van der Waals surface area contributed by atoms with E-state index >= 15 is 0 Å². The predicted molar refractivity (Wildman–Crippen MR) is 108 cm³/mol. The molecule has 1 aromatic carbocycles. The van der Waals surface area contributed by atoms with E-state index in [1.807, 2.05) is 50.2 Å². The molecule has 1 atom stereocenters. The van der Waals surface area contributed by atoms with E-state index in [0.29, 0.717) is 12.1 Å². The number of benzene rings is 1. The van der Waals surface area contributed by atoms with Crippen molar-refractivity contribution in [1.82, 2.24) is 10.3 Å². The third kappa shape index (κ3) is 4.70. The molecule has 0 spiro atoms. The Hall–Kier alpha value is -2.66. The summed E-state index contributed by atoms with van der Waals surface area (Å²) in [5.74, 6) is -0.0354. The van der Waals surface area contributed by atoms with Crippen LogP contribution in [0.4, 0.5) is 5.69 Å². The molecule has 0 radical (unpaired) electrons. The van der Waals surface area contributed by atoms with Crippen LogP contribution in [0.25, 0.3) is 0 Å². The standard InChI is InChI=1S/C21H23N3OS/c1-15(12-17-9-11-26-14-17)24-21(25)19-7-5-8-20(16(19)2)23-13-18-6-3-4-10-22-18/h3-11,14-15,23H,12-13H2,1-2H3,(H,24,25)/t15-/m1/s1. The summed E-state index contributed by atoms with van der Waals surface area (Å²) in [6.45, 7) is 4.63. The second-order valence-electron chi connectivity index (χ2n) is 6.36. The van der Waals surface area contributed by atoms with Gasteiger partial charge in [-0.1, -0.05) is 12.1 Å². The van der Waals surface area contributed by atoms with Crippen LogP contribution in [0.15, 0.2) is 59.4 Å². The van der Waals surface area contributed by atoms with Crippen LogP contribution in [-0.4, -0.2) is 16.9 Å². The molecule has 0 aliphatic carbocycles. The van der Waals surface area contributed by atoms with Gasteiger partial charge < -0.3 is 10.6 Å². The van der Waals surface area contributed by atoms with E-state index in [1.54, 1.807) is 17.5 Å². The fourth-order valence-corrected chi connectivity index (χ4v) is 3.56. The summed E-state index contributed by atoms with van der Waals surface area (Å²) >= 11 is 1.68. The normalized spacial score (nSPS) is 11.8. The quantitative estimate of drug-likeness (QED) is 0.651. The van der Waals surface area contributed by atoms with Crippen LogP contribution in [0, 0.1) is 6.92 Å². The zero-order chi connectivity index (χ0) is 18.4. The highest BCUT2D eigenvalue weighted by Gasteiger charge is 2.14. The Morgan fingerprint density at radius 3 is 2.81 bits per heavy atom. The third-order valence-corrected chi connectivity index (χ3v) is 5.00. The highest BCUT2D eigenvalue weighted by Crippen LogP contribution is 2.20. The highest BCUT2D eigenvalue weighted by atomic mass is 32.1. The lowest BCUT2D eigenvalue weighted by Gasteiger charge is -2.16. The summed E-state index contributed by atoms with van der Waals surface area (Å²) in [5, 5.41) is 10.7. The molecule has 0 aliphatic heterocycles. The zero-order valence-corrected chi connectivity index (χ0v) is 15.8. The number of anilines is 1. The number of thiophene rings is 1. The van der Waals surface area contributed by atoms with Crippen molar-refractivity contribution in [2.45, 2.75) is 32.9 Å². The molecule has 0 unspecified atom stereocenters. The van der Waals surface area contributed by atoms with Crippen LogP contribution in [0.3, 0.4) is 0 Å². The van der Waals surface area contributed by atoms with Crippen molar-refractivity contribution < 1.29 is 4.79 Å². The molecular formula is C21H23N3OS. The van der Waals surface area contributed by atoms with E-state index in [4.69, 9.17) is 0 Å². The van der Waals surface area contributed by atoms with Gasteiger partial charge in [-0.2, -0.15) is 11.3 Å². The fourth-order valence-electron chi connectivity index (χ4n) is 2.88. The minimum Gasteiger partial charge on any atom is -0.379 e.